The SMILES string of the molecule is CNC(=S)NS(=O)(=O)c1cc2c(cc1OC)OCC[C@@H]2CNC(=O)c1cc(Cl)ccc1OC. The molecule has 2 aromatic carbocycles. The zero-order chi connectivity index (χ0) is 24.2. The Kier molecular flexibility index (Phi) is 7.88. The lowest BCUT2D eigenvalue weighted by molar-refractivity contribution is 0.0945. The number of benzene rings is 2. The number of ether oxygens (including phenoxy) is 3. The molecule has 0 spiro atoms. The summed E-state index contributed by atoms with van der Waals surface area (Å²) < 4.78 is 44.3. The first-order valence-corrected chi connectivity index (χ1v) is 12.2. The van der Waals surface area contributed by atoms with Crippen molar-refractivity contribution in [2.75, 3.05) is 34.4 Å². The Hall–Kier alpha value is -2.76. The molecule has 12 heteroatoms. The average Bonchev–Trinajstić information content (AvgIpc) is 2.81. The van der Waals surface area contributed by atoms with Crippen LogP contribution in [-0.4, -0.2) is 53.9 Å². The minimum absolute atomic E-state index is 0.0506. The predicted molar refractivity (Wildman–Crippen MR) is 128 cm³/mol. The molecule has 0 fully saturated rings. The standard InChI is InChI=1S/C21H24ClN3O6S2/c1-23-21(32)25-33(27,28)19-9-14-12(6-7-31-17(14)10-18(19)30-3)11-24-20(26)15-8-13(22)4-5-16(15)29-2/h4-5,8-10,12H,6-7,11H2,1-3H3,(H,24,26)(H2,23,25,32)/t12-/m1/s1. The molecule has 3 rings (SSSR count). The zero-order valence-electron chi connectivity index (χ0n) is 18.2. The fourth-order valence-electron chi connectivity index (χ4n) is 3.45. The number of fused-ring (bicyclic) bond motifs is 1. The molecule has 1 heterocycles. The number of carbonyl (C=O) groups excluding carboxylic acids is 1. The molecule has 0 aromatic heterocycles. The number of hydrogen-bond acceptors (Lipinski definition) is 7. The minimum atomic E-state index is -4.01. The number of rotatable bonds is 7. The lowest BCUT2D eigenvalue weighted by Crippen LogP contribution is -2.37. The maximum absolute atomic E-state index is 12.9. The summed E-state index contributed by atoms with van der Waals surface area (Å²) in [4.78, 5) is 12.7. The number of hydrogen-bond donors (Lipinski definition) is 3. The summed E-state index contributed by atoms with van der Waals surface area (Å²) in [6.07, 6.45) is 0.578. The van der Waals surface area contributed by atoms with Gasteiger partial charge in [-0.3, -0.25) is 9.52 Å². The van der Waals surface area contributed by atoms with Crippen molar-refractivity contribution >= 4 is 44.9 Å². The molecular formula is C21H24ClN3O6S2. The highest BCUT2D eigenvalue weighted by atomic mass is 35.5. The van der Waals surface area contributed by atoms with Gasteiger partial charge in [-0.25, -0.2) is 8.42 Å². The van der Waals surface area contributed by atoms with Gasteiger partial charge in [0, 0.05) is 36.2 Å². The molecule has 0 radical (unpaired) electrons. The third-order valence-electron chi connectivity index (χ3n) is 5.12. The minimum Gasteiger partial charge on any atom is -0.496 e. The van der Waals surface area contributed by atoms with Crippen LogP contribution in [-0.2, 0) is 10.0 Å². The average molecular weight is 514 g/mol. The Balaban J connectivity index is 1.89. The van der Waals surface area contributed by atoms with Gasteiger partial charge in [-0.2, -0.15) is 0 Å². The lowest BCUT2D eigenvalue weighted by Gasteiger charge is -2.27. The molecule has 1 amide bonds. The van der Waals surface area contributed by atoms with E-state index in [4.69, 9.17) is 38.0 Å². The van der Waals surface area contributed by atoms with Gasteiger partial charge in [0.15, 0.2) is 5.11 Å². The molecule has 1 aliphatic rings. The molecule has 33 heavy (non-hydrogen) atoms. The first-order valence-electron chi connectivity index (χ1n) is 9.91. The Morgan fingerprint density at radius 2 is 1.94 bits per heavy atom. The fraction of sp³-hybridized carbons (Fsp3) is 0.333. The highest BCUT2D eigenvalue weighted by molar-refractivity contribution is 7.92. The molecule has 2 aromatic rings. The Labute approximate surface area is 202 Å². The molecule has 0 saturated carbocycles. The van der Waals surface area contributed by atoms with Crippen molar-refractivity contribution in [1.82, 2.24) is 15.4 Å². The van der Waals surface area contributed by atoms with Crippen molar-refractivity contribution in [3.63, 3.8) is 0 Å². The highest BCUT2D eigenvalue weighted by Gasteiger charge is 2.29. The summed E-state index contributed by atoms with van der Waals surface area (Å²) in [6, 6.07) is 7.80. The maximum Gasteiger partial charge on any atom is 0.267 e. The van der Waals surface area contributed by atoms with Crippen LogP contribution in [0, 0.1) is 0 Å². The van der Waals surface area contributed by atoms with Crippen LogP contribution in [0.5, 0.6) is 17.2 Å². The predicted octanol–water partition coefficient (Wildman–Crippen LogP) is 2.44. The molecule has 0 unspecified atom stereocenters. The van der Waals surface area contributed by atoms with E-state index in [0.717, 1.165) is 0 Å². The highest BCUT2D eigenvalue weighted by Crippen LogP contribution is 2.40. The Bertz CT molecular complexity index is 1170. The van der Waals surface area contributed by atoms with E-state index in [9.17, 15) is 13.2 Å². The summed E-state index contributed by atoms with van der Waals surface area (Å²) in [7, 11) is 0.339. The van der Waals surface area contributed by atoms with E-state index in [-0.39, 0.29) is 34.1 Å². The van der Waals surface area contributed by atoms with Gasteiger partial charge in [-0.05, 0) is 42.9 Å². The molecule has 0 aliphatic carbocycles. The van der Waals surface area contributed by atoms with Crippen LogP contribution in [0.1, 0.15) is 28.3 Å². The van der Waals surface area contributed by atoms with E-state index in [0.29, 0.717) is 40.7 Å². The second kappa shape index (κ2) is 10.4. The molecule has 1 aliphatic heterocycles. The van der Waals surface area contributed by atoms with Gasteiger partial charge >= 0.3 is 0 Å². The molecule has 0 bridgehead atoms. The normalized spacial score (nSPS) is 15.0. The van der Waals surface area contributed by atoms with Gasteiger partial charge in [0.25, 0.3) is 15.9 Å². The van der Waals surface area contributed by atoms with E-state index in [1.54, 1.807) is 12.1 Å². The van der Waals surface area contributed by atoms with Crippen LogP contribution in [0.25, 0.3) is 0 Å². The summed E-state index contributed by atoms with van der Waals surface area (Å²) in [6.45, 7) is 0.657. The molecule has 0 saturated heterocycles. The zero-order valence-corrected chi connectivity index (χ0v) is 20.6. The van der Waals surface area contributed by atoms with Crippen molar-refractivity contribution in [2.24, 2.45) is 0 Å². The van der Waals surface area contributed by atoms with E-state index in [2.05, 4.69) is 15.4 Å². The van der Waals surface area contributed by atoms with Crippen molar-refractivity contribution in [2.45, 2.75) is 17.2 Å². The fourth-order valence-corrected chi connectivity index (χ4v) is 5.09. The number of nitrogens with one attached hydrogen (secondary N) is 3. The van der Waals surface area contributed by atoms with E-state index in [1.165, 1.54) is 39.5 Å². The Morgan fingerprint density at radius 3 is 2.61 bits per heavy atom. The van der Waals surface area contributed by atoms with Crippen molar-refractivity contribution in [3.8, 4) is 17.2 Å². The first-order chi connectivity index (χ1) is 15.7. The summed E-state index contributed by atoms with van der Waals surface area (Å²) in [5.74, 6) is 0.457. The monoisotopic (exact) mass is 513 g/mol. The van der Waals surface area contributed by atoms with Crippen molar-refractivity contribution in [3.05, 3.63) is 46.5 Å². The third kappa shape index (κ3) is 5.60. The summed E-state index contributed by atoms with van der Waals surface area (Å²) in [5, 5.41) is 5.81. The smallest absolute Gasteiger partial charge is 0.267 e. The molecule has 1 atom stereocenters. The maximum atomic E-state index is 12.9. The van der Waals surface area contributed by atoms with Gasteiger partial charge in [0.05, 0.1) is 26.4 Å². The number of thiocarbonyl (C=S) groups is 1. The van der Waals surface area contributed by atoms with Crippen molar-refractivity contribution in [1.29, 1.82) is 0 Å². The number of carbonyl (C=O) groups is 1. The van der Waals surface area contributed by atoms with Gasteiger partial charge < -0.3 is 24.8 Å². The van der Waals surface area contributed by atoms with Gasteiger partial charge in [0.1, 0.15) is 22.1 Å². The van der Waals surface area contributed by atoms with Crippen LogP contribution < -0.4 is 29.6 Å². The molecule has 3 N–H and O–H groups in total. The summed E-state index contributed by atoms with van der Waals surface area (Å²) in [5.41, 5.74) is 0.941. The second-order valence-corrected chi connectivity index (χ2v) is 9.61. The second-order valence-electron chi connectivity index (χ2n) is 7.11. The third-order valence-corrected chi connectivity index (χ3v) is 7.16. The van der Waals surface area contributed by atoms with Crippen molar-refractivity contribution < 1.29 is 27.4 Å². The van der Waals surface area contributed by atoms with Crippen LogP contribution in [0.15, 0.2) is 35.2 Å². The van der Waals surface area contributed by atoms with E-state index >= 15 is 0 Å². The van der Waals surface area contributed by atoms with Crippen LogP contribution >= 0.6 is 23.8 Å². The van der Waals surface area contributed by atoms with Crippen LogP contribution in [0.2, 0.25) is 5.02 Å². The quantitative estimate of drug-likeness (QED) is 0.484. The largest absolute Gasteiger partial charge is 0.496 e. The summed E-state index contributed by atoms with van der Waals surface area (Å²) >= 11 is 11.0. The Morgan fingerprint density at radius 1 is 1.21 bits per heavy atom. The first kappa shape index (κ1) is 24.9. The number of methoxy groups -OCH3 is 2. The molecular weight excluding hydrogens is 490 g/mol. The molecule has 178 valence electrons. The number of amides is 1. The van der Waals surface area contributed by atoms with Crippen LogP contribution in [0.3, 0.4) is 0 Å². The van der Waals surface area contributed by atoms with Gasteiger partial charge in [0.2, 0.25) is 0 Å². The number of sulfonamides is 1. The van der Waals surface area contributed by atoms with Gasteiger partial charge in [-0.15, -0.1) is 0 Å². The van der Waals surface area contributed by atoms with Crippen LogP contribution in [0.4, 0.5) is 0 Å². The number of halogens is 1. The van der Waals surface area contributed by atoms with Gasteiger partial charge in [-0.1, -0.05) is 11.6 Å². The van der Waals surface area contributed by atoms with E-state index in [1.807, 2.05) is 0 Å². The molecule has 9 nitrogen and oxygen atoms in total. The lowest BCUT2D eigenvalue weighted by atomic mass is 9.92. The van der Waals surface area contributed by atoms with E-state index < -0.39 is 10.0 Å². The topological polar surface area (TPSA) is 115 Å².